The Bertz CT molecular complexity index is 585. The van der Waals surface area contributed by atoms with E-state index in [-0.39, 0.29) is 0 Å². The maximum atomic E-state index is 12.6. The minimum Gasteiger partial charge on any atom is -0.279 e. The fourth-order valence-electron chi connectivity index (χ4n) is 1.31. The molecular formula is C9H4F6N4. The van der Waals surface area contributed by atoms with Crippen LogP contribution in [-0.2, 0) is 12.4 Å². The summed E-state index contributed by atoms with van der Waals surface area (Å²) in [5, 5.41) is 0. The molecule has 0 aliphatic heterocycles. The second-order valence-electron chi connectivity index (χ2n) is 3.38. The zero-order chi connectivity index (χ0) is 14.3. The highest BCUT2D eigenvalue weighted by molar-refractivity contribution is 5.26. The molecule has 0 bridgehead atoms. The molecule has 2 rings (SSSR count). The van der Waals surface area contributed by atoms with Crippen LogP contribution in [0.4, 0.5) is 26.3 Å². The second kappa shape index (κ2) is 4.21. The molecule has 0 amide bonds. The van der Waals surface area contributed by atoms with E-state index in [1.165, 1.54) is 0 Å². The van der Waals surface area contributed by atoms with E-state index >= 15 is 0 Å². The standard InChI is InChI=1S/C9H4F6N4/c10-8(11,12)5-3-16-4-19(5)6-1-2-17-7(18-6)9(13,14)15/h1-4H. The lowest BCUT2D eigenvalue weighted by Crippen LogP contribution is -2.16. The molecule has 0 atom stereocenters. The van der Waals surface area contributed by atoms with Gasteiger partial charge in [-0.05, 0) is 6.07 Å². The van der Waals surface area contributed by atoms with Crippen LogP contribution in [0.5, 0.6) is 0 Å². The van der Waals surface area contributed by atoms with Crippen LogP contribution in [0.1, 0.15) is 11.5 Å². The summed E-state index contributed by atoms with van der Waals surface area (Å²) in [7, 11) is 0. The SMILES string of the molecule is FC(F)(F)c1nccc(-n2cncc2C(F)(F)F)n1. The van der Waals surface area contributed by atoms with Crippen molar-refractivity contribution >= 4 is 0 Å². The average Bonchev–Trinajstić information content (AvgIpc) is 2.76. The Balaban J connectivity index is 2.52. The molecule has 0 radical (unpaired) electrons. The molecule has 10 heteroatoms. The van der Waals surface area contributed by atoms with Gasteiger partial charge >= 0.3 is 12.4 Å². The Hall–Kier alpha value is -2.13. The van der Waals surface area contributed by atoms with E-state index in [0.717, 1.165) is 18.6 Å². The van der Waals surface area contributed by atoms with Gasteiger partial charge in [-0.3, -0.25) is 4.57 Å². The Morgan fingerprint density at radius 2 is 1.68 bits per heavy atom. The van der Waals surface area contributed by atoms with E-state index in [9.17, 15) is 26.3 Å². The number of hydrogen-bond donors (Lipinski definition) is 0. The number of aromatic nitrogens is 4. The summed E-state index contributed by atoms with van der Waals surface area (Å²) in [5.41, 5.74) is -1.22. The quantitative estimate of drug-likeness (QED) is 0.755. The molecule has 0 N–H and O–H groups in total. The van der Waals surface area contributed by atoms with Gasteiger partial charge in [-0.15, -0.1) is 0 Å². The van der Waals surface area contributed by atoms with Gasteiger partial charge in [0.15, 0.2) is 0 Å². The highest BCUT2D eigenvalue weighted by atomic mass is 19.4. The van der Waals surface area contributed by atoms with Crippen molar-refractivity contribution in [3.05, 3.63) is 36.3 Å². The Morgan fingerprint density at radius 3 is 2.26 bits per heavy atom. The maximum Gasteiger partial charge on any atom is 0.451 e. The first-order valence-electron chi connectivity index (χ1n) is 4.70. The molecular weight excluding hydrogens is 278 g/mol. The van der Waals surface area contributed by atoms with Crippen molar-refractivity contribution in [1.29, 1.82) is 0 Å². The van der Waals surface area contributed by atoms with Crippen molar-refractivity contribution in [1.82, 2.24) is 19.5 Å². The molecule has 19 heavy (non-hydrogen) atoms. The third-order valence-corrected chi connectivity index (χ3v) is 2.07. The van der Waals surface area contributed by atoms with E-state index in [1.54, 1.807) is 0 Å². The number of rotatable bonds is 1. The summed E-state index contributed by atoms with van der Waals surface area (Å²) in [6.07, 6.45) is -7.64. The van der Waals surface area contributed by atoms with Crippen molar-refractivity contribution in [3.8, 4) is 5.82 Å². The number of alkyl halides is 6. The van der Waals surface area contributed by atoms with Crippen LogP contribution in [0.25, 0.3) is 5.82 Å². The van der Waals surface area contributed by atoms with Crippen LogP contribution in [0.3, 0.4) is 0 Å². The predicted octanol–water partition coefficient (Wildman–Crippen LogP) is 2.70. The predicted molar refractivity (Wildman–Crippen MR) is 49.2 cm³/mol. The van der Waals surface area contributed by atoms with Crippen molar-refractivity contribution in [2.75, 3.05) is 0 Å². The maximum absolute atomic E-state index is 12.6. The van der Waals surface area contributed by atoms with E-state index in [4.69, 9.17) is 0 Å². The Morgan fingerprint density at radius 1 is 1.00 bits per heavy atom. The molecule has 2 aromatic heterocycles. The van der Waals surface area contributed by atoms with Gasteiger partial charge in [-0.25, -0.2) is 15.0 Å². The van der Waals surface area contributed by atoms with Crippen LogP contribution >= 0.6 is 0 Å². The summed E-state index contributed by atoms with van der Waals surface area (Å²) in [5.74, 6) is -2.08. The average molecular weight is 282 g/mol. The number of nitrogens with zero attached hydrogens (tertiary/aromatic N) is 4. The lowest BCUT2D eigenvalue weighted by Gasteiger charge is -2.11. The highest BCUT2D eigenvalue weighted by Crippen LogP contribution is 2.31. The summed E-state index contributed by atoms with van der Waals surface area (Å²) in [6, 6.07) is 0.923. The number of hydrogen-bond acceptors (Lipinski definition) is 3. The van der Waals surface area contributed by atoms with Crippen LogP contribution in [0, 0.1) is 0 Å². The molecule has 0 spiro atoms. The first kappa shape index (κ1) is 13.3. The minimum absolute atomic E-state index is 0.414. The lowest BCUT2D eigenvalue weighted by molar-refractivity contribution is -0.145. The van der Waals surface area contributed by atoms with E-state index in [2.05, 4.69) is 15.0 Å². The van der Waals surface area contributed by atoms with Gasteiger partial charge in [-0.1, -0.05) is 0 Å². The monoisotopic (exact) mass is 282 g/mol. The van der Waals surface area contributed by atoms with Crippen LogP contribution in [0.2, 0.25) is 0 Å². The van der Waals surface area contributed by atoms with E-state index < -0.39 is 29.7 Å². The Labute approximate surface area is 101 Å². The van der Waals surface area contributed by atoms with Crippen molar-refractivity contribution < 1.29 is 26.3 Å². The van der Waals surface area contributed by atoms with Gasteiger partial charge < -0.3 is 0 Å². The Kier molecular flexibility index (Phi) is 2.95. The minimum atomic E-state index is -4.84. The zero-order valence-electron chi connectivity index (χ0n) is 8.87. The van der Waals surface area contributed by atoms with Crippen LogP contribution in [0.15, 0.2) is 24.8 Å². The van der Waals surface area contributed by atoms with Gasteiger partial charge in [0.1, 0.15) is 17.8 Å². The van der Waals surface area contributed by atoms with Gasteiger partial charge in [0.05, 0.1) is 6.20 Å². The third-order valence-electron chi connectivity index (χ3n) is 2.07. The fraction of sp³-hybridized carbons (Fsp3) is 0.222. The lowest BCUT2D eigenvalue weighted by atomic mass is 10.4. The van der Waals surface area contributed by atoms with Gasteiger partial charge in [0.25, 0.3) is 0 Å². The smallest absolute Gasteiger partial charge is 0.279 e. The first-order chi connectivity index (χ1) is 8.69. The molecule has 0 unspecified atom stereocenters. The molecule has 102 valence electrons. The van der Waals surface area contributed by atoms with E-state index in [1.807, 2.05) is 0 Å². The summed E-state index contributed by atoms with van der Waals surface area (Å²) in [6.45, 7) is 0. The normalized spacial score (nSPS) is 12.7. The van der Waals surface area contributed by atoms with Crippen LogP contribution < -0.4 is 0 Å². The molecule has 0 fully saturated rings. The van der Waals surface area contributed by atoms with Crippen molar-refractivity contribution in [3.63, 3.8) is 0 Å². The van der Waals surface area contributed by atoms with Crippen molar-refractivity contribution in [2.45, 2.75) is 12.4 Å². The fourth-order valence-corrected chi connectivity index (χ4v) is 1.31. The van der Waals surface area contributed by atoms with Gasteiger partial charge in [-0.2, -0.15) is 26.3 Å². The van der Waals surface area contributed by atoms with Crippen LogP contribution in [-0.4, -0.2) is 19.5 Å². The topological polar surface area (TPSA) is 43.6 Å². The second-order valence-corrected chi connectivity index (χ2v) is 3.38. The summed E-state index contributed by atoms with van der Waals surface area (Å²) < 4.78 is 75.3. The van der Waals surface area contributed by atoms with Crippen molar-refractivity contribution in [2.24, 2.45) is 0 Å². The summed E-state index contributed by atoms with van der Waals surface area (Å²) >= 11 is 0. The first-order valence-corrected chi connectivity index (χ1v) is 4.70. The molecule has 0 saturated heterocycles. The largest absolute Gasteiger partial charge is 0.451 e. The number of imidazole rings is 1. The third kappa shape index (κ3) is 2.66. The van der Waals surface area contributed by atoms with Gasteiger partial charge in [0.2, 0.25) is 5.82 Å². The molecule has 2 heterocycles. The number of halogens is 6. The molecule has 0 saturated carbocycles. The van der Waals surface area contributed by atoms with E-state index in [0.29, 0.717) is 10.8 Å². The molecule has 0 aliphatic carbocycles. The summed E-state index contributed by atoms with van der Waals surface area (Å²) in [4.78, 5) is 9.27. The highest BCUT2D eigenvalue weighted by Gasteiger charge is 2.37. The molecule has 0 aromatic carbocycles. The molecule has 2 aromatic rings. The molecule has 4 nitrogen and oxygen atoms in total. The molecule has 0 aliphatic rings. The zero-order valence-corrected chi connectivity index (χ0v) is 8.87. The van der Waals surface area contributed by atoms with Gasteiger partial charge in [0, 0.05) is 6.20 Å².